The van der Waals surface area contributed by atoms with Crippen molar-refractivity contribution in [3.63, 3.8) is 0 Å². The van der Waals surface area contributed by atoms with Gasteiger partial charge in [0.2, 0.25) is 0 Å². The van der Waals surface area contributed by atoms with E-state index in [4.69, 9.17) is 14.0 Å². The number of hydrogen-bond acceptors (Lipinski definition) is 6. The number of aliphatic hydroxyl groups is 1. The van der Waals surface area contributed by atoms with Gasteiger partial charge in [-0.25, -0.2) is 4.39 Å². The first-order chi connectivity index (χ1) is 15.7. The van der Waals surface area contributed by atoms with Crippen molar-refractivity contribution in [3.05, 3.63) is 95.7 Å². The lowest BCUT2D eigenvalue weighted by atomic mass is 10.0. The van der Waals surface area contributed by atoms with Crippen LogP contribution in [0.2, 0.25) is 0 Å². The van der Waals surface area contributed by atoms with Crippen LogP contribution in [-0.2, 0) is 22.7 Å². The lowest BCUT2D eigenvalue weighted by Crippen LogP contribution is -2.39. The number of halogens is 1. The van der Waals surface area contributed by atoms with E-state index >= 15 is 0 Å². The zero-order valence-electron chi connectivity index (χ0n) is 17.8. The summed E-state index contributed by atoms with van der Waals surface area (Å²) in [5.74, 6) is 0.413. The molecule has 7 heteroatoms. The van der Waals surface area contributed by atoms with Crippen molar-refractivity contribution in [2.24, 2.45) is 5.16 Å². The third-order valence-electron chi connectivity index (χ3n) is 5.23. The molecule has 1 N–H and O–H groups in total. The first kappa shape index (κ1) is 22.2. The summed E-state index contributed by atoms with van der Waals surface area (Å²) in [5, 5.41) is 14.7. The number of nitrogens with zero attached hydrogens (tertiary/aromatic N) is 2. The molecule has 168 valence electrons. The molecule has 0 fully saturated rings. The number of rotatable bonds is 11. The van der Waals surface area contributed by atoms with E-state index in [1.807, 2.05) is 36.4 Å². The second kappa shape index (κ2) is 11.0. The van der Waals surface area contributed by atoms with Gasteiger partial charge >= 0.3 is 0 Å². The molecule has 1 aliphatic heterocycles. The molecule has 0 saturated heterocycles. The zero-order chi connectivity index (χ0) is 22.2. The topological polar surface area (TPSA) is 67.4 Å². The van der Waals surface area contributed by atoms with Crippen molar-refractivity contribution in [3.8, 4) is 0 Å². The largest absolute Gasteiger partial charge is 0.467 e. The Labute approximate surface area is 186 Å². The van der Waals surface area contributed by atoms with Crippen molar-refractivity contribution < 1.29 is 23.5 Å². The van der Waals surface area contributed by atoms with Crippen molar-refractivity contribution in [1.82, 2.24) is 4.90 Å². The highest BCUT2D eigenvalue weighted by molar-refractivity contribution is 6.01. The Morgan fingerprint density at radius 1 is 1.09 bits per heavy atom. The summed E-state index contributed by atoms with van der Waals surface area (Å²) in [6.45, 7) is 2.10. The van der Waals surface area contributed by atoms with Crippen molar-refractivity contribution in [1.29, 1.82) is 0 Å². The highest BCUT2D eigenvalue weighted by atomic mass is 19.1. The van der Waals surface area contributed by atoms with E-state index in [-0.39, 0.29) is 18.5 Å². The average Bonchev–Trinajstić information content (AvgIpc) is 3.47. The Hall–Kier alpha value is -3.00. The molecule has 0 spiro atoms. The molecular weight excluding hydrogens is 411 g/mol. The molecule has 2 unspecified atom stereocenters. The fraction of sp³-hybridized carbons (Fsp3) is 0.320. The van der Waals surface area contributed by atoms with Crippen LogP contribution >= 0.6 is 0 Å². The molecule has 2 heterocycles. The van der Waals surface area contributed by atoms with Gasteiger partial charge in [-0.2, -0.15) is 0 Å². The molecule has 0 bridgehead atoms. The van der Waals surface area contributed by atoms with Gasteiger partial charge in [-0.05, 0) is 23.8 Å². The van der Waals surface area contributed by atoms with Crippen LogP contribution in [0.4, 0.5) is 4.39 Å². The van der Waals surface area contributed by atoms with Gasteiger partial charge in [-0.1, -0.05) is 53.7 Å². The van der Waals surface area contributed by atoms with Crippen LogP contribution in [0.15, 0.2) is 82.6 Å². The maximum atomic E-state index is 14.1. The average molecular weight is 438 g/mol. The van der Waals surface area contributed by atoms with Crippen molar-refractivity contribution in [2.75, 3.05) is 19.7 Å². The third-order valence-corrected chi connectivity index (χ3v) is 5.23. The second-order valence-electron chi connectivity index (χ2n) is 7.88. The van der Waals surface area contributed by atoms with Gasteiger partial charge in [0.25, 0.3) is 0 Å². The summed E-state index contributed by atoms with van der Waals surface area (Å²) in [6.07, 6.45) is 1.21. The number of oxime groups is 1. The quantitative estimate of drug-likeness (QED) is 0.490. The molecule has 3 aromatic rings. The van der Waals surface area contributed by atoms with E-state index in [2.05, 4.69) is 10.1 Å². The maximum absolute atomic E-state index is 14.1. The summed E-state index contributed by atoms with van der Waals surface area (Å²) in [7, 11) is 0. The smallest absolute Gasteiger partial charge is 0.145 e. The number of hydrogen-bond donors (Lipinski definition) is 1. The van der Waals surface area contributed by atoms with Crippen LogP contribution in [-0.4, -0.2) is 47.6 Å². The summed E-state index contributed by atoms with van der Waals surface area (Å²) in [5.41, 5.74) is 2.20. The van der Waals surface area contributed by atoms with Gasteiger partial charge in [0.15, 0.2) is 0 Å². The Kier molecular flexibility index (Phi) is 7.66. The molecule has 0 saturated carbocycles. The Bertz CT molecular complexity index is 994. The molecule has 2 atom stereocenters. The van der Waals surface area contributed by atoms with Crippen molar-refractivity contribution in [2.45, 2.75) is 31.8 Å². The predicted molar refractivity (Wildman–Crippen MR) is 119 cm³/mol. The van der Waals surface area contributed by atoms with Gasteiger partial charge in [0.1, 0.15) is 24.3 Å². The molecule has 32 heavy (non-hydrogen) atoms. The highest BCUT2D eigenvalue weighted by Gasteiger charge is 2.27. The van der Waals surface area contributed by atoms with E-state index in [9.17, 15) is 9.50 Å². The number of ether oxygens (including phenoxy) is 1. The Morgan fingerprint density at radius 3 is 2.69 bits per heavy atom. The minimum Gasteiger partial charge on any atom is -0.467 e. The molecule has 4 rings (SSSR count). The molecular formula is C25H27FN2O4. The summed E-state index contributed by atoms with van der Waals surface area (Å²) in [6, 6.07) is 20.2. The third kappa shape index (κ3) is 6.26. The lowest BCUT2D eigenvalue weighted by Gasteiger charge is -2.27. The van der Waals surface area contributed by atoms with Gasteiger partial charge in [0.05, 0.1) is 24.7 Å². The molecule has 0 amide bonds. The Balaban J connectivity index is 1.33. The van der Waals surface area contributed by atoms with E-state index in [1.54, 1.807) is 30.5 Å². The van der Waals surface area contributed by atoms with Crippen LogP contribution in [0, 0.1) is 5.82 Å². The molecule has 2 aromatic carbocycles. The number of benzene rings is 2. The minimum absolute atomic E-state index is 0.189. The second-order valence-corrected chi connectivity index (χ2v) is 7.88. The zero-order valence-corrected chi connectivity index (χ0v) is 17.8. The monoisotopic (exact) mass is 438 g/mol. The predicted octanol–water partition coefficient (Wildman–Crippen LogP) is 3.99. The number of furan rings is 1. The molecule has 0 aliphatic carbocycles. The lowest BCUT2D eigenvalue weighted by molar-refractivity contribution is -0.00955. The van der Waals surface area contributed by atoms with Crippen LogP contribution in [0.1, 0.15) is 23.3 Å². The van der Waals surface area contributed by atoms with Gasteiger partial charge in [-0.3, -0.25) is 4.90 Å². The summed E-state index contributed by atoms with van der Waals surface area (Å²) >= 11 is 0. The highest BCUT2D eigenvalue weighted by Crippen LogP contribution is 2.20. The van der Waals surface area contributed by atoms with E-state index in [0.717, 1.165) is 11.3 Å². The fourth-order valence-corrected chi connectivity index (χ4v) is 3.75. The van der Waals surface area contributed by atoms with Crippen molar-refractivity contribution >= 4 is 5.71 Å². The van der Waals surface area contributed by atoms with Crippen LogP contribution < -0.4 is 0 Å². The van der Waals surface area contributed by atoms with Crippen LogP contribution in [0.25, 0.3) is 0 Å². The first-order valence-corrected chi connectivity index (χ1v) is 10.7. The van der Waals surface area contributed by atoms with Gasteiger partial charge in [-0.15, -0.1) is 0 Å². The standard InChI is InChI=1S/C25H27FN2O4/c26-24-11-5-4-10-23(24)25-13-22(32-27-25)16-28(14-19-7-2-1-3-8-19)15-20(29)17-30-18-21-9-6-12-31-21/h1-12,20,22,29H,13-18H2. The minimum atomic E-state index is -0.679. The molecule has 0 radical (unpaired) electrons. The molecule has 6 nitrogen and oxygen atoms in total. The maximum Gasteiger partial charge on any atom is 0.145 e. The van der Waals surface area contributed by atoms with Gasteiger partial charge < -0.3 is 19.1 Å². The molecule has 1 aromatic heterocycles. The van der Waals surface area contributed by atoms with Gasteiger partial charge in [0, 0.05) is 31.6 Å². The van der Waals surface area contributed by atoms with E-state index < -0.39 is 6.10 Å². The van der Waals surface area contributed by atoms with E-state index in [1.165, 1.54) is 6.07 Å². The SMILES string of the molecule is OC(COCc1ccco1)CN(Cc1ccccc1)CC1CC(c2ccccc2F)=NO1. The number of aliphatic hydroxyl groups excluding tert-OH is 1. The van der Waals surface area contributed by atoms with Crippen LogP contribution in [0.5, 0.6) is 0 Å². The Morgan fingerprint density at radius 2 is 1.91 bits per heavy atom. The van der Waals surface area contributed by atoms with Crippen LogP contribution in [0.3, 0.4) is 0 Å². The molecule has 1 aliphatic rings. The first-order valence-electron chi connectivity index (χ1n) is 10.7. The summed E-state index contributed by atoms with van der Waals surface area (Å²) < 4.78 is 24.9. The fourth-order valence-electron chi connectivity index (χ4n) is 3.75. The van der Waals surface area contributed by atoms with E-state index in [0.29, 0.717) is 43.9 Å². The normalized spacial score (nSPS) is 16.7. The summed E-state index contributed by atoms with van der Waals surface area (Å²) in [4.78, 5) is 7.72.